The van der Waals surface area contributed by atoms with Crippen LogP contribution in [-0.4, -0.2) is 34.4 Å². The third-order valence-electron chi connectivity index (χ3n) is 3.14. The van der Waals surface area contributed by atoms with Crippen molar-refractivity contribution in [2.75, 3.05) is 14.1 Å². The van der Waals surface area contributed by atoms with Crippen LogP contribution in [-0.2, 0) is 6.54 Å². The van der Waals surface area contributed by atoms with Gasteiger partial charge in [0.05, 0.1) is 17.7 Å². The second-order valence-corrected chi connectivity index (χ2v) is 5.01. The van der Waals surface area contributed by atoms with Gasteiger partial charge in [0, 0.05) is 31.8 Å². The van der Waals surface area contributed by atoms with Crippen LogP contribution in [0.1, 0.15) is 15.9 Å². The maximum absolute atomic E-state index is 11.8. The van der Waals surface area contributed by atoms with Gasteiger partial charge in [-0.2, -0.15) is 0 Å². The maximum atomic E-state index is 11.8. The van der Waals surface area contributed by atoms with Gasteiger partial charge in [-0.3, -0.25) is 19.7 Å². The summed E-state index contributed by atoms with van der Waals surface area (Å²) in [4.78, 5) is 35.2. The molecule has 7 heteroatoms. The molecule has 2 aromatic rings. The zero-order valence-corrected chi connectivity index (χ0v) is 12.2. The van der Waals surface area contributed by atoms with E-state index in [1.807, 2.05) is 0 Å². The van der Waals surface area contributed by atoms with E-state index in [2.05, 4.69) is 0 Å². The topological polar surface area (TPSA) is 85.4 Å². The molecule has 0 bridgehead atoms. The predicted molar refractivity (Wildman–Crippen MR) is 80.9 cm³/mol. The zero-order chi connectivity index (χ0) is 16.3. The molecule has 1 aromatic carbocycles. The second kappa shape index (κ2) is 6.21. The van der Waals surface area contributed by atoms with Gasteiger partial charge in [-0.25, -0.2) is 0 Å². The van der Waals surface area contributed by atoms with E-state index in [4.69, 9.17) is 0 Å². The number of hydrogen-bond donors (Lipinski definition) is 0. The lowest BCUT2D eigenvalue weighted by Crippen LogP contribution is -2.22. The molecule has 0 aliphatic carbocycles. The van der Waals surface area contributed by atoms with Crippen molar-refractivity contribution in [2.45, 2.75) is 6.54 Å². The highest BCUT2D eigenvalue weighted by Crippen LogP contribution is 2.10. The Kier molecular flexibility index (Phi) is 4.36. The lowest BCUT2D eigenvalue weighted by atomic mass is 10.1. The van der Waals surface area contributed by atoms with Crippen LogP contribution in [0.4, 0.5) is 5.69 Å². The average Bonchev–Trinajstić information content (AvgIpc) is 2.49. The van der Waals surface area contributed by atoms with Gasteiger partial charge >= 0.3 is 0 Å². The SMILES string of the molecule is CN(C)C(=O)c1ccc(Cn2cc([N+](=O)[O-])ccc2=O)cc1. The summed E-state index contributed by atoms with van der Waals surface area (Å²) >= 11 is 0. The number of nitrogens with zero attached hydrogens (tertiary/aromatic N) is 3. The highest BCUT2D eigenvalue weighted by Gasteiger charge is 2.10. The second-order valence-electron chi connectivity index (χ2n) is 5.01. The first-order valence-corrected chi connectivity index (χ1v) is 6.54. The van der Waals surface area contributed by atoms with Crippen LogP contribution in [0.25, 0.3) is 0 Å². The van der Waals surface area contributed by atoms with E-state index in [0.29, 0.717) is 5.56 Å². The number of carbonyl (C=O) groups excluding carboxylic acids is 1. The van der Waals surface area contributed by atoms with Gasteiger partial charge in [-0.05, 0) is 17.7 Å². The Morgan fingerprint density at radius 1 is 1.18 bits per heavy atom. The van der Waals surface area contributed by atoms with Crippen LogP contribution in [0, 0.1) is 10.1 Å². The molecule has 114 valence electrons. The molecule has 1 aromatic heterocycles. The molecular weight excluding hydrogens is 286 g/mol. The third-order valence-corrected chi connectivity index (χ3v) is 3.14. The molecular formula is C15H15N3O4. The first kappa shape index (κ1) is 15.4. The van der Waals surface area contributed by atoms with Crippen molar-refractivity contribution in [1.29, 1.82) is 0 Å². The van der Waals surface area contributed by atoms with Gasteiger partial charge in [-0.1, -0.05) is 12.1 Å². The van der Waals surface area contributed by atoms with Crippen LogP contribution in [0.5, 0.6) is 0 Å². The first-order valence-electron chi connectivity index (χ1n) is 6.54. The number of hydrogen-bond acceptors (Lipinski definition) is 4. The van der Waals surface area contributed by atoms with Crippen molar-refractivity contribution < 1.29 is 9.72 Å². The highest BCUT2D eigenvalue weighted by atomic mass is 16.6. The maximum Gasteiger partial charge on any atom is 0.285 e. The number of benzene rings is 1. The molecule has 0 aliphatic heterocycles. The van der Waals surface area contributed by atoms with Gasteiger partial charge in [0.1, 0.15) is 0 Å². The van der Waals surface area contributed by atoms with Crippen molar-refractivity contribution in [2.24, 2.45) is 0 Å². The van der Waals surface area contributed by atoms with Gasteiger partial charge in [0.2, 0.25) is 0 Å². The van der Waals surface area contributed by atoms with Crippen molar-refractivity contribution in [3.63, 3.8) is 0 Å². The summed E-state index contributed by atoms with van der Waals surface area (Å²) in [6.45, 7) is 0.205. The summed E-state index contributed by atoms with van der Waals surface area (Å²) in [6.07, 6.45) is 1.21. The van der Waals surface area contributed by atoms with Gasteiger partial charge in [0.25, 0.3) is 17.2 Å². The van der Waals surface area contributed by atoms with E-state index in [1.165, 1.54) is 27.8 Å². The molecule has 0 saturated carbocycles. The molecule has 0 spiro atoms. The molecule has 2 rings (SSSR count). The highest BCUT2D eigenvalue weighted by molar-refractivity contribution is 5.93. The molecule has 0 fully saturated rings. The Balaban J connectivity index is 2.24. The Bertz CT molecular complexity index is 763. The number of pyridine rings is 1. The standard InChI is InChI=1S/C15H15N3O4/c1-16(2)15(20)12-5-3-11(4-6-12)9-17-10-13(18(21)22)7-8-14(17)19/h3-8,10H,9H2,1-2H3. The van der Waals surface area contributed by atoms with Crippen molar-refractivity contribution in [1.82, 2.24) is 9.47 Å². The third kappa shape index (κ3) is 3.38. The van der Waals surface area contributed by atoms with Crippen LogP contribution in [0.15, 0.2) is 47.4 Å². The lowest BCUT2D eigenvalue weighted by Gasteiger charge is -2.11. The molecule has 0 radical (unpaired) electrons. The van der Waals surface area contributed by atoms with E-state index in [1.54, 1.807) is 38.4 Å². The van der Waals surface area contributed by atoms with E-state index in [9.17, 15) is 19.7 Å². The lowest BCUT2D eigenvalue weighted by molar-refractivity contribution is -0.385. The first-order chi connectivity index (χ1) is 10.4. The van der Waals surface area contributed by atoms with Gasteiger partial charge < -0.3 is 9.47 Å². The minimum Gasteiger partial charge on any atom is -0.345 e. The molecule has 7 nitrogen and oxygen atoms in total. The Hall–Kier alpha value is -2.96. The molecule has 0 atom stereocenters. The Morgan fingerprint density at radius 2 is 1.82 bits per heavy atom. The smallest absolute Gasteiger partial charge is 0.285 e. The molecule has 0 aliphatic rings. The van der Waals surface area contributed by atoms with Crippen molar-refractivity contribution in [3.05, 3.63) is 74.2 Å². The number of aromatic nitrogens is 1. The summed E-state index contributed by atoms with van der Waals surface area (Å²) in [5.74, 6) is -0.112. The Labute approximate surface area is 126 Å². The molecule has 1 amide bonds. The van der Waals surface area contributed by atoms with Crippen molar-refractivity contribution in [3.8, 4) is 0 Å². The summed E-state index contributed by atoms with van der Waals surface area (Å²) in [7, 11) is 3.33. The van der Waals surface area contributed by atoms with E-state index >= 15 is 0 Å². The number of rotatable bonds is 4. The van der Waals surface area contributed by atoms with Crippen LogP contribution >= 0.6 is 0 Å². The van der Waals surface area contributed by atoms with E-state index in [-0.39, 0.29) is 23.7 Å². The van der Waals surface area contributed by atoms with E-state index in [0.717, 1.165) is 5.56 Å². The predicted octanol–water partition coefficient (Wildman–Crippen LogP) is 1.51. The molecule has 0 N–H and O–H groups in total. The monoisotopic (exact) mass is 301 g/mol. The quantitative estimate of drug-likeness (QED) is 0.632. The minimum absolute atomic E-state index is 0.112. The number of nitro groups is 1. The normalized spacial score (nSPS) is 10.3. The minimum atomic E-state index is -0.547. The molecule has 0 unspecified atom stereocenters. The van der Waals surface area contributed by atoms with Gasteiger partial charge in [-0.15, -0.1) is 0 Å². The fourth-order valence-electron chi connectivity index (χ4n) is 1.96. The summed E-state index contributed by atoms with van der Waals surface area (Å²) in [5, 5.41) is 10.7. The van der Waals surface area contributed by atoms with Crippen molar-refractivity contribution >= 4 is 11.6 Å². The molecule has 22 heavy (non-hydrogen) atoms. The summed E-state index contributed by atoms with van der Waals surface area (Å²) in [5.41, 5.74) is 0.857. The summed E-state index contributed by atoms with van der Waals surface area (Å²) in [6, 6.07) is 9.13. The Morgan fingerprint density at radius 3 is 2.36 bits per heavy atom. The number of carbonyl (C=O) groups is 1. The summed E-state index contributed by atoms with van der Waals surface area (Å²) < 4.78 is 1.26. The van der Waals surface area contributed by atoms with Crippen LogP contribution < -0.4 is 5.56 Å². The van der Waals surface area contributed by atoms with Crippen LogP contribution in [0.3, 0.4) is 0 Å². The average molecular weight is 301 g/mol. The molecule has 0 saturated heterocycles. The zero-order valence-electron chi connectivity index (χ0n) is 12.2. The van der Waals surface area contributed by atoms with Crippen LogP contribution in [0.2, 0.25) is 0 Å². The van der Waals surface area contributed by atoms with Gasteiger partial charge in [0.15, 0.2) is 0 Å². The van der Waals surface area contributed by atoms with E-state index < -0.39 is 4.92 Å². The molecule has 1 heterocycles. The fraction of sp³-hybridized carbons (Fsp3) is 0.200. The fourth-order valence-corrected chi connectivity index (χ4v) is 1.96. The number of amides is 1. The largest absolute Gasteiger partial charge is 0.345 e.